The summed E-state index contributed by atoms with van der Waals surface area (Å²) in [7, 11) is 0. The topological polar surface area (TPSA) is 35.2 Å². The molecule has 18 heavy (non-hydrogen) atoms. The van der Waals surface area contributed by atoms with E-state index in [9.17, 15) is 8.78 Å². The highest BCUT2D eigenvalue weighted by Crippen LogP contribution is 2.35. The van der Waals surface area contributed by atoms with Crippen molar-refractivity contribution < 1.29 is 13.5 Å². The van der Waals surface area contributed by atoms with Gasteiger partial charge >= 0.3 is 0 Å². The van der Waals surface area contributed by atoms with E-state index in [1.54, 1.807) is 0 Å². The van der Waals surface area contributed by atoms with Gasteiger partial charge in [-0.25, -0.2) is 4.39 Å². The fourth-order valence-corrected chi connectivity index (χ4v) is 2.44. The monoisotopic (exact) mass is 255 g/mol. The van der Waals surface area contributed by atoms with Gasteiger partial charge < -0.3 is 10.5 Å². The van der Waals surface area contributed by atoms with Crippen LogP contribution in [0, 0.1) is 23.5 Å². The highest BCUT2D eigenvalue weighted by atomic mass is 19.2. The molecule has 0 saturated heterocycles. The third kappa shape index (κ3) is 2.57. The lowest BCUT2D eigenvalue weighted by molar-refractivity contribution is 0.0967. The zero-order valence-corrected chi connectivity index (χ0v) is 10.7. The Morgan fingerprint density at radius 1 is 1.17 bits per heavy atom. The first-order chi connectivity index (χ1) is 8.49. The quantitative estimate of drug-likeness (QED) is 0.817. The largest absolute Gasteiger partial charge is 0.485 e. The van der Waals surface area contributed by atoms with Gasteiger partial charge in [0.1, 0.15) is 0 Å². The second kappa shape index (κ2) is 5.12. The lowest BCUT2D eigenvalue weighted by atomic mass is 9.80. The van der Waals surface area contributed by atoms with Crippen molar-refractivity contribution in [2.24, 2.45) is 11.8 Å². The molecule has 2 rings (SSSR count). The first-order valence-electron chi connectivity index (χ1n) is 6.39. The Balaban J connectivity index is 2.13. The highest BCUT2D eigenvalue weighted by molar-refractivity contribution is 5.53. The van der Waals surface area contributed by atoms with Crippen molar-refractivity contribution in [3.8, 4) is 5.75 Å². The van der Waals surface area contributed by atoms with Crippen LogP contribution in [0.2, 0.25) is 0 Å². The van der Waals surface area contributed by atoms with Gasteiger partial charge in [0, 0.05) is 0 Å². The van der Waals surface area contributed by atoms with Gasteiger partial charge in [0.25, 0.3) is 0 Å². The van der Waals surface area contributed by atoms with Crippen molar-refractivity contribution in [3.63, 3.8) is 0 Å². The maximum atomic E-state index is 13.6. The average molecular weight is 255 g/mol. The summed E-state index contributed by atoms with van der Waals surface area (Å²) in [4.78, 5) is 0. The Bertz CT molecular complexity index is 436. The van der Waals surface area contributed by atoms with Crippen molar-refractivity contribution in [3.05, 3.63) is 23.8 Å². The number of hydrogen-bond acceptors (Lipinski definition) is 2. The lowest BCUT2D eigenvalue weighted by Gasteiger charge is -2.32. The van der Waals surface area contributed by atoms with Crippen LogP contribution in [0.25, 0.3) is 0 Å². The summed E-state index contributed by atoms with van der Waals surface area (Å²) in [6, 6.07) is 2.35. The molecular formula is C14H19F2NO. The SMILES string of the molecule is CC1CCC(Oc2c(N)ccc(F)c2F)CC1C. The molecule has 0 aromatic heterocycles. The minimum absolute atomic E-state index is 0.0743. The van der Waals surface area contributed by atoms with Gasteiger partial charge in [0.2, 0.25) is 5.82 Å². The molecule has 100 valence electrons. The van der Waals surface area contributed by atoms with Gasteiger partial charge in [0.15, 0.2) is 11.6 Å². The normalized spacial score (nSPS) is 28.1. The predicted molar refractivity (Wildman–Crippen MR) is 67.4 cm³/mol. The number of rotatable bonds is 2. The average Bonchev–Trinajstić information content (AvgIpc) is 2.34. The van der Waals surface area contributed by atoms with Crippen molar-refractivity contribution in [1.82, 2.24) is 0 Å². The van der Waals surface area contributed by atoms with Crippen LogP contribution < -0.4 is 10.5 Å². The second-order valence-corrected chi connectivity index (χ2v) is 5.29. The Morgan fingerprint density at radius 2 is 1.89 bits per heavy atom. The van der Waals surface area contributed by atoms with Gasteiger partial charge in [-0.05, 0) is 43.2 Å². The summed E-state index contributed by atoms with van der Waals surface area (Å²) >= 11 is 0. The molecule has 1 aromatic rings. The molecule has 1 aliphatic rings. The van der Waals surface area contributed by atoms with Gasteiger partial charge in [-0.1, -0.05) is 13.8 Å². The Morgan fingerprint density at radius 3 is 2.56 bits per heavy atom. The van der Waals surface area contributed by atoms with Crippen LogP contribution in [-0.4, -0.2) is 6.10 Å². The molecule has 3 unspecified atom stereocenters. The lowest BCUT2D eigenvalue weighted by Crippen LogP contribution is -2.29. The smallest absolute Gasteiger partial charge is 0.202 e. The summed E-state index contributed by atoms with van der Waals surface area (Å²) in [5, 5.41) is 0. The van der Waals surface area contributed by atoms with E-state index in [4.69, 9.17) is 10.5 Å². The van der Waals surface area contributed by atoms with Gasteiger partial charge in [-0.15, -0.1) is 0 Å². The first-order valence-corrected chi connectivity index (χ1v) is 6.39. The minimum Gasteiger partial charge on any atom is -0.485 e. The van der Waals surface area contributed by atoms with E-state index in [2.05, 4.69) is 13.8 Å². The van der Waals surface area contributed by atoms with Crippen LogP contribution in [-0.2, 0) is 0 Å². The van der Waals surface area contributed by atoms with E-state index < -0.39 is 11.6 Å². The molecule has 0 heterocycles. The number of benzene rings is 1. The highest BCUT2D eigenvalue weighted by Gasteiger charge is 2.27. The van der Waals surface area contributed by atoms with E-state index in [-0.39, 0.29) is 17.5 Å². The molecule has 1 aromatic carbocycles. The van der Waals surface area contributed by atoms with Crippen molar-refractivity contribution in [2.45, 2.75) is 39.2 Å². The molecule has 0 radical (unpaired) electrons. The molecular weight excluding hydrogens is 236 g/mol. The zero-order chi connectivity index (χ0) is 13.3. The molecule has 2 nitrogen and oxygen atoms in total. The van der Waals surface area contributed by atoms with Crippen LogP contribution >= 0.6 is 0 Å². The predicted octanol–water partition coefficient (Wildman–Crippen LogP) is 3.75. The minimum atomic E-state index is -0.985. The molecule has 4 heteroatoms. The van der Waals surface area contributed by atoms with Crippen LogP contribution in [0.3, 0.4) is 0 Å². The van der Waals surface area contributed by atoms with Gasteiger partial charge in [-0.2, -0.15) is 4.39 Å². The van der Waals surface area contributed by atoms with Crippen molar-refractivity contribution in [2.75, 3.05) is 5.73 Å². The number of anilines is 1. The van der Waals surface area contributed by atoms with E-state index in [1.165, 1.54) is 6.07 Å². The van der Waals surface area contributed by atoms with Crippen molar-refractivity contribution in [1.29, 1.82) is 0 Å². The molecule has 0 aliphatic heterocycles. The Labute approximate surface area is 106 Å². The summed E-state index contributed by atoms with van der Waals surface area (Å²) in [5.41, 5.74) is 5.79. The van der Waals surface area contributed by atoms with E-state index in [1.807, 2.05) is 0 Å². The number of ether oxygens (including phenoxy) is 1. The number of halogens is 2. The molecule has 2 N–H and O–H groups in total. The zero-order valence-electron chi connectivity index (χ0n) is 10.7. The molecule has 0 amide bonds. The maximum absolute atomic E-state index is 13.6. The number of nitrogens with two attached hydrogens (primary N) is 1. The fourth-order valence-electron chi connectivity index (χ4n) is 2.44. The van der Waals surface area contributed by atoms with E-state index in [0.29, 0.717) is 11.8 Å². The summed E-state index contributed by atoms with van der Waals surface area (Å²) < 4.78 is 32.3. The van der Waals surface area contributed by atoms with Gasteiger partial charge in [0.05, 0.1) is 11.8 Å². The van der Waals surface area contributed by atoms with Gasteiger partial charge in [-0.3, -0.25) is 0 Å². The molecule has 1 aliphatic carbocycles. The van der Waals surface area contributed by atoms with Crippen LogP contribution in [0.15, 0.2) is 12.1 Å². The van der Waals surface area contributed by atoms with Crippen LogP contribution in [0.4, 0.5) is 14.5 Å². The summed E-state index contributed by atoms with van der Waals surface area (Å²) in [6.45, 7) is 4.36. The molecule has 0 bridgehead atoms. The van der Waals surface area contributed by atoms with Crippen molar-refractivity contribution >= 4 is 5.69 Å². The molecule has 3 atom stereocenters. The second-order valence-electron chi connectivity index (χ2n) is 5.29. The molecule has 0 spiro atoms. The molecule has 1 fully saturated rings. The van der Waals surface area contributed by atoms with Crippen LogP contribution in [0.1, 0.15) is 33.1 Å². The van der Waals surface area contributed by atoms with Crippen LogP contribution in [0.5, 0.6) is 5.75 Å². The summed E-state index contributed by atoms with van der Waals surface area (Å²) in [6.07, 6.45) is 2.69. The first kappa shape index (κ1) is 13.1. The van der Waals surface area contributed by atoms with E-state index in [0.717, 1.165) is 25.3 Å². The molecule has 1 saturated carbocycles. The number of hydrogen-bond donors (Lipinski definition) is 1. The van der Waals surface area contributed by atoms with E-state index >= 15 is 0 Å². The number of nitrogen functional groups attached to an aromatic ring is 1. The third-order valence-electron chi connectivity index (χ3n) is 3.92. The summed E-state index contributed by atoms with van der Waals surface area (Å²) in [5.74, 6) is -0.861. The maximum Gasteiger partial charge on any atom is 0.202 e. The third-order valence-corrected chi connectivity index (χ3v) is 3.92. The standard InChI is InChI=1S/C14H19F2NO/c1-8-3-4-10(7-9(8)2)18-14-12(17)6-5-11(15)13(14)16/h5-6,8-10H,3-4,7,17H2,1-2H3. The Hall–Kier alpha value is -1.32. The fraction of sp³-hybridized carbons (Fsp3) is 0.571. The Kier molecular flexibility index (Phi) is 3.73.